The SMILES string of the molecule is CC1=CCC(C)CC1.CC1=CCC(C)CC1.CC1CCC(C)CC1.CC1CCC(C)OC1.CC1CCC(C)OC1.Cc1ccc(C)cc1. The minimum Gasteiger partial charge on any atom is -0.378 e. The van der Waals surface area contributed by atoms with E-state index in [9.17, 15) is 0 Å². The molecule has 6 rings (SSSR count). The Balaban J connectivity index is 0.000000288. The molecule has 2 saturated heterocycles. The topological polar surface area (TPSA) is 18.5 Å². The number of hydrogen-bond acceptors (Lipinski definition) is 2. The molecule has 3 aliphatic carbocycles. The fraction of sp³-hybridized carbons (Fsp3) is 0.783. The van der Waals surface area contributed by atoms with E-state index in [0.717, 1.165) is 48.7 Å². The van der Waals surface area contributed by atoms with Crippen molar-refractivity contribution in [3.05, 3.63) is 58.7 Å². The molecular weight excluding hydrogens is 585 g/mol. The third kappa shape index (κ3) is 24.7. The molecule has 2 nitrogen and oxygen atoms in total. The van der Waals surface area contributed by atoms with Crippen LogP contribution in [0.5, 0.6) is 0 Å². The molecule has 0 bridgehead atoms. The Hall–Kier alpha value is -1.38. The van der Waals surface area contributed by atoms with E-state index >= 15 is 0 Å². The number of hydrogen-bond donors (Lipinski definition) is 0. The van der Waals surface area contributed by atoms with Crippen LogP contribution in [0, 0.1) is 49.4 Å². The van der Waals surface area contributed by atoms with Gasteiger partial charge in [0.1, 0.15) is 0 Å². The third-order valence-corrected chi connectivity index (χ3v) is 10.8. The highest BCUT2D eigenvalue weighted by Crippen LogP contribution is 2.27. The molecule has 2 aliphatic heterocycles. The molecule has 48 heavy (non-hydrogen) atoms. The predicted molar refractivity (Wildman–Crippen MR) is 214 cm³/mol. The van der Waals surface area contributed by atoms with Crippen molar-refractivity contribution in [2.45, 2.75) is 185 Å². The van der Waals surface area contributed by atoms with Gasteiger partial charge in [-0.1, -0.05) is 126 Å². The summed E-state index contributed by atoms with van der Waals surface area (Å²) in [6.07, 6.45) is 25.0. The zero-order valence-corrected chi connectivity index (χ0v) is 34.2. The summed E-state index contributed by atoms with van der Waals surface area (Å²) in [5.41, 5.74) is 5.83. The summed E-state index contributed by atoms with van der Waals surface area (Å²) in [4.78, 5) is 0. The largest absolute Gasteiger partial charge is 0.378 e. The summed E-state index contributed by atoms with van der Waals surface area (Å²) in [5.74, 6) is 5.52. The monoisotopic (exact) mass is 667 g/mol. The maximum Gasteiger partial charge on any atom is 0.0547 e. The molecule has 6 unspecified atom stereocenters. The molecule has 1 aromatic rings. The van der Waals surface area contributed by atoms with Crippen molar-refractivity contribution >= 4 is 0 Å². The lowest BCUT2D eigenvalue weighted by Crippen LogP contribution is -2.21. The average molecular weight is 667 g/mol. The van der Waals surface area contributed by atoms with Crippen molar-refractivity contribution in [2.75, 3.05) is 13.2 Å². The lowest BCUT2D eigenvalue weighted by molar-refractivity contribution is 0.000174. The first-order chi connectivity index (χ1) is 22.7. The number of aryl methyl sites for hydroxylation is 2. The summed E-state index contributed by atoms with van der Waals surface area (Å²) >= 11 is 0. The Morgan fingerprint density at radius 3 is 0.917 bits per heavy atom. The first-order valence-electron chi connectivity index (χ1n) is 20.3. The van der Waals surface area contributed by atoms with Gasteiger partial charge in [-0.3, -0.25) is 0 Å². The Morgan fingerprint density at radius 2 is 0.708 bits per heavy atom. The van der Waals surface area contributed by atoms with E-state index in [0.29, 0.717) is 12.2 Å². The summed E-state index contributed by atoms with van der Waals surface area (Å²) in [6, 6.07) is 8.48. The summed E-state index contributed by atoms with van der Waals surface area (Å²) in [5, 5.41) is 0. The van der Waals surface area contributed by atoms with Gasteiger partial charge in [0.05, 0.1) is 12.2 Å². The van der Waals surface area contributed by atoms with Gasteiger partial charge in [0.15, 0.2) is 0 Å². The summed E-state index contributed by atoms with van der Waals surface area (Å²) < 4.78 is 10.8. The van der Waals surface area contributed by atoms with Gasteiger partial charge in [0.25, 0.3) is 0 Å². The third-order valence-electron chi connectivity index (χ3n) is 10.8. The van der Waals surface area contributed by atoms with Crippen molar-refractivity contribution in [1.29, 1.82) is 0 Å². The number of allylic oxidation sites excluding steroid dienone is 4. The maximum atomic E-state index is 5.39. The highest BCUT2D eigenvalue weighted by molar-refractivity contribution is 5.19. The van der Waals surface area contributed by atoms with Gasteiger partial charge in [0.2, 0.25) is 0 Å². The predicted octanol–water partition coefficient (Wildman–Crippen LogP) is 14.3. The highest BCUT2D eigenvalue weighted by Gasteiger charge is 2.15. The molecule has 0 radical (unpaired) electrons. The van der Waals surface area contributed by atoms with Crippen LogP contribution in [0.3, 0.4) is 0 Å². The zero-order valence-electron chi connectivity index (χ0n) is 34.2. The second-order valence-corrected chi connectivity index (χ2v) is 17.0. The van der Waals surface area contributed by atoms with Gasteiger partial charge in [0, 0.05) is 13.2 Å². The van der Waals surface area contributed by atoms with Crippen molar-refractivity contribution in [3.8, 4) is 0 Å². The van der Waals surface area contributed by atoms with Gasteiger partial charge >= 0.3 is 0 Å². The summed E-state index contributed by atoms with van der Waals surface area (Å²) in [6.45, 7) is 28.7. The molecule has 278 valence electrons. The van der Waals surface area contributed by atoms with Crippen LogP contribution >= 0.6 is 0 Å². The smallest absolute Gasteiger partial charge is 0.0547 e. The van der Waals surface area contributed by atoms with E-state index < -0.39 is 0 Å². The van der Waals surface area contributed by atoms with Crippen molar-refractivity contribution in [2.24, 2.45) is 35.5 Å². The van der Waals surface area contributed by atoms with E-state index in [4.69, 9.17) is 9.47 Å². The molecule has 0 N–H and O–H groups in total. The van der Waals surface area contributed by atoms with Gasteiger partial charge in [-0.2, -0.15) is 0 Å². The fourth-order valence-electron chi connectivity index (χ4n) is 6.29. The number of benzene rings is 1. The van der Waals surface area contributed by atoms with Crippen LogP contribution in [-0.2, 0) is 9.47 Å². The number of rotatable bonds is 0. The van der Waals surface area contributed by atoms with Gasteiger partial charge in [-0.05, 0) is 141 Å². The normalized spacial score (nSPS) is 31.3. The molecule has 2 heterocycles. The van der Waals surface area contributed by atoms with Crippen LogP contribution < -0.4 is 0 Å². The Labute approximate surface area is 301 Å². The maximum absolute atomic E-state index is 5.39. The lowest BCUT2D eigenvalue weighted by Gasteiger charge is -2.23. The molecule has 6 atom stereocenters. The van der Waals surface area contributed by atoms with Gasteiger partial charge < -0.3 is 9.47 Å². The summed E-state index contributed by atoms with van der Waals surface area (Å²) in [7, 11) is 0. The van der Waals surface area contributed by atoms with Crippen LogP contribution in [-0.4, -0.2) is 25.4 Å². The van der Waals surface area contributed by atoms with Crippen molar-refractivity contribution in [1.82, 2.24) is 0 Å². The van der Waals surface area contributed by atoms with Crippen LogP contribution in [0.2, 0.25) is 0 Å². The van der Waals surface area contributed by atoms with E-state index in [1.54, 1.807) is 11.1 Å². The second kappa shape index (κ2) is 26.4. The Kier molecular flexibility index (Phi) is 24.6. The van der Waals surface area contributed by atoms with Gasteiger partial charge in [-0.25, -0.2) is 0 Å². The minimum absolute atomic E-state index is 0.520. The molecule has 2 heteroatoms. The quantitative estimate of drug-likeness (QED) is 0.257. The first kappa shape index (κ1) is 44.6. The lowest BCUT2D eigenvalue weighted by atomic mass is 9.84. The molecule has 1 aromatic carbocycles. The van der Waals surface area contributed by atoms with E-state index in [-0.39, 0.29) is 0 Å². The Morgan fingerprint density at radius 1 is 0.396 bits per heavy atom. The molecule has 0 amide bonds. The molecule has 1 saturated carbocycles. The van der Waals surface area contributed by atoms with Crippen LogP contribution in [0.1, 0.15) is 170 Å². The van der Waals surface area contributed by atoms with E-state index in [1.165, 1.54) is 101 Å². The number of ether oxygens (including phenoxy) is 2. The highest BCUT2D eigenvalue weighted by atomic mass is 16.5. The van der Waals surface area contributed by atoms with Crippen LogP contribution in [0.4, 0.5) is 0 Å². The van der Waals surface area contributed by atoms with E-state index in [1.807, 2.05) is 0 Å². The molecule has 5 aliphatic rings. The minimum atomic E-state index is 0.520. The standard InChI is InChI=1S/C8H16.2C8H14.C8H10.2C7H14O/c4*1-7-3-5-8(2)6-4-7;2*1-6-3-4-7(2)8-5-6/h7-8H,3-6H2,1-2H3;2*3,8H,4-6H2,1-2H3;3-6H,1-2H3;2*6-7H,3-5H2,1-2H3. The zero-order chi connectivity index (χ0) is 35.9. The fourth-order valence-corrected chi connectivity index (χ4v) is 6.29. The molecule has 0 aromatic heterocycles. The van der Waals surface area contributed by atoms with Gasteiger partial charge in [-0.15, -0.1) is 0 Å². The Bertz CT molecular complexity index is 824. The second-order valence-electron chi connectivity index (χ2n) is 17.0. The van der Waals surface area contributed by atoms with Crippen LogP contribution in [0.25, 0.3) is 0 Å². The first-order valence-corrected chi connectivity index (χ1v) is 20.3. The molecule has 3 fully saturated rings. The molecule has 0 spiro atoms. The molecular formula is C46H82O2. The van der Waals surface area contributed by atoms with E-state index in [2.05, 4.69) is 120 Å². The van der Waals surface area contributed by atoms with Crippen molar-refractivity contribution < 1.29 is 9.47 Å². The van der Waals surface area contributed by atoms with Crippen molar-refractivity contribution in [3.63, 3.8) is 0 Å². The van der Waals surface area contributed by atoms with Crippen LogP contribution in [0.15, 0.2) is 47.6 Å². The average Bonchev–Trinajstić information content (AvgIpc) is 3.07.